The van der Waals surface area contributed by atoms with Crippen LogP contribution in [0, 0.1) is 0 Å². The first-order valence-corrected chi connectivity index (χ1v) is 9.27. The van der Waals surface area contributed by atoms with E-state index in [9.17, 15) is 27.6 Å². The molecule has 0 spiro atoms. The highest BCUT2D eigenvalue weighted by Crippen LogP contribution is 2.36. The number of rotatable bonds is 3. The molecule has 1 aromatic carbocycles. The van der Waals surface area contributed by atoms with E-state index in [1.165, 1.54) is 29.0 Å². The molecule has 0 bridgehead atoms. The molecule has 3 aromatic rings. The van der Waals surface area contributed by atoms with Gasteiger partial charge >= 0.3 is 11.9 Å². The van der Waals surface area contributed by atoms with Gasteiger partial charge in [-0.15, -0.1) is 0 Å². The number of hydrogen-bond donors (Lipinski definition) is 2. The van der Waals surface area contributed by atoms with Gasteiger partial charge in [0.2, 0.25) is 0 Å². The minimum Gasteiger partial charge on any atom is -0.322 e. The number of aromatic amines is 1. The third-order valence-corrected chi connectivity index (χ3v) is 5.17. The number of amides is 1. The van der Waals surface area contributed by atoms with Crippen molar-refractivity contribution in [1.29, 1.82) is 0 Å². The summed E-state index contributed by atoms with van der Waals surface area (Å²) in [6, 6.07) is 4.50. The van der Waals surface area contributed by atoms with E-state index in [1.807, 2.05) is 0 Å². The van der Waals surface area contributed by atoms with E-state index in [0.29, 0.717) is 0 Å². The van der Waals surface area contributed by atoms with Crippen molar-refractivity contribution in [3.8, 4) is 0 Å². The molecule has 2 N–H and O–H groups in total. The van der Waals surface area contributed by atoms with Crippen LogP contribution < -0.4 is 16.6 Å². The van der Waals surface area contributed by atoms with E-state index in [4.69, 9.17) is 0 Å². The van der Waals surface area contributed by atoms with Crippen molar-refractivity contribution in [2.24, 2.45) is 0 Å². The van der Waals surface area contributed by atoms with Crippen LogP contribution in [0.4, 0.5) is 18.9 Å². The predicted octanol–water partition coefficient (Wildman–Crippen LogP) is 3.45. The number of carbonyl (C=O) groups excluding carboxylic acids is 1. The molecule has 1 aliphatic rings. The number of fused-ring (bicyclic) bond motifs is 1. The summed E-state index contributed by atoms with van der Waals surface area (Å²) in [5.41, 5.74) is -2.11. The monoisotopic (exact) mass is 468 g/mol. The van der Waals surface area contributed by atoms with Crippen molar-refractivity contribution < 1.29 is 18.0 Å². The van der Waals surface area contributed by atoms with Gasteiger partial charge in [-0.1, -0.05) is 15.9 Å². The summed E-state index contributed by atoms with van der Waals surface area (Å²) in [5, 5.41) is 2.41. The first-order valence-electron chi connectivity index (χ1n) is 8.48. The maximum absolute atomic E-state index is 13.0. The number of carbonyl (C=O) groups is 1. The average molecular weight is 469 g/mol. The van der Waals surface area contributed by atoms with Gasteiger partial charge in [0.15, 0.2) is 0 Å². The van der Waals surface area contributed by atoms with Crippen LogP contribution >= 0.6 is 15.9 Å². The Hall–Kier alpha value is -2.95. The number of hydrogen-bond acceptors (Lipinski definition) is 4. The largest absolute Gasteiger partial charge is 0.417 e. The molecule has 0 aliphatic heterocycles. The highest BCUT2D eigenvalue weighted by Gasteiger charge is 2.33. The number of alkyl halides is 3. The molecule has 0 unspecified atom stereocenters. The molecule has 29 heavy (non-hydrogen) atoms. The number of halogens is 4. The van der Waals surface area contributed by atoms with Crippen LogP contribution in [-0.4, -0.2) is 20.4 Å². The number of nitrogens with zero attached hydrogens (tertiary/aromatic N) is 2. The lowest BCUT2D eigenvalue weighted by Crippen LogP contribution is -2.30. The summed E-state index contributed by atoms with van der Waals surface area (Å²) in [7, 11) is 0. The summed E-state index contributed by atoms with van der Waals surface area (Å²) in [6.45, 7) is 0. The molecule has 1 amide bonds. The number of anilines is 1. The van der Waals surface area contributed by atoms with Crippen molar-refractivity contribution in [1.82, 2.24) is 14.5 Å². The van der Waals surface area contributed by atoms with Crippen molar-refractivity contribution >= 4 is 38.6 Å². The quantitative estimate of drug-likeness (QED) is 0.615. The summed E-state index contributed by atoms with van der Waals surface area (Å²) in [6.07, 6.45) is -1.84. The number of aromatic nitrogens is 3. The Balaban J connectivity index is 1.70. The van der Waals surface area contributed by atoms with Gasteiger partial charge in [-0.25, -0.2) is 9.78 Å². The second kappa shape index (κ2) is 6.83. The predicted molar refractivity (Wildman–Crippen MR) is 102 cm³/mol. The van der Waals surface area contributed by atoms with Crippen molar-refractivity contribution in [2.75, 3.05) is 5.32 Å². The highest BCUT2D eigenvalue weighted by atomic mass is 79.9. The molecule has 0 saturated heterocycles. The van der Waals surface area contributed by atoms with Crippen molar-refractivity contribution in [3.05, 3.63) is 66.9 Å². The van der Waals surface area contributed by atoms with Gasteiger partial charge in [-0.2, -0.15) is 13.2 Å². The fourth-order valence-corrected chi connectivity index (χ4v) is 3.43. The van der Waals surface area contributed by atoms with E-state index < -0.39 is 28.9 Å². The highest BCUT2D eigenvalue weighted by molar-refractivity contribution is 9.10. The zero-order chi connectivity index (χ0) is 20.9. The zero-order valence-electron chi connectivity index (χ0n) is 14.5. The first kappa shape index (κ1) is 19.4. The molecule has 4 rings (SSSR count). The zero-order valence-corrected chi connectivity index (χ0v) is 16.1. The minimum absolute atomic E-state index is 0.0273. The lowest BCUT2D eigenvalue weighted by molar-refractivity contribution is -0.138. The van der Waals surface area contributed by atoms with E-state index in [-0.39, 0.29) is 32.8 Å². The first-order chi connectivity index (χ1) is 13.6. The summed E-state index contributed by atoms with van der Waals surface area (Å²) >= 11 is 2.83. The van der Waals surface area contributed by atoms with Crippen LogP contribution in [0.2, 0.25) is 0 Å². The smallest absolute Gasteiger partial charge is 0.322 e. The minimum atomic E-state index is -4.59. The maximum Gasteiger partial charge on any atom is 0.417 e. The van der Waals surface area contributed by atoms with E-state index in [1.54, 1.807) is 0 Å². The third-order valence-electron chi connectivity index (χ3n) is 4.48. The Bertz CT molecular complexity index is 1260. The van der Waals surface area contributed by atoms with Crippen molar-refractivity contribution in [2.45, 2.75) is 25.1 Å². The number of benzene rings is 1. The van der Waals surface area contributed by atoms with Gasteiger partial charge in [0, 0.05) is 22.4 Å². The van der Waals surface area contributed by atoms with Crippen LogP contribution in [0.5, 0.6) is 0 Å². The van der Waals surface area contributed by atoms with Gasteiger partial charge < -0.3 is 5.32 Å². The molecule has 0 atom stereocenters. The molecule has 2 heterocycles. The third kappa shape index (κ3) is 3.69. The Morgan fingerprint density at radius 1 is 1.24 bits per heavy atom. The summed E-state index contributed by atoms with van der Waals surface area (Å²) < 4.78 is 40.3. The summed E-state index contributed by atoms with van der Waals surface area (Å²) in [4.78, 5) is 43.0. The Labute approximate surface area is 168 Å². The van der Waals surface area contributed by atoms with Gasteiger partial charge in [-0.05, 0) is 37.1 Å². The van der Waals surface area contributed by atoms with Gasteiger partial charge in [0.05, 0.1) is 16.5 Å². The molecule has 1 aliphatic carbocycles. The van der Waals surface area contributed by atoms with Crippen LogP contribution in [-0.2, 0) is 6.18 Å². The number of nitrogens with one attached hydrogen (secondary N) is 2. The van der Waals surface area contributed by atoms with Crippen LogP contribution in [0.1, 0.15) is 34.8 Å². The average Bonchev–Trinajstić information content (AvgIpc) is 3.47. The molecule has 150 valence electrons. The Kier molecular flexibility index (Phi) is 4.56. The fraction of sp³-hybridized carbons (Fsp3) is 0.222. The van der Waals surface area contributed by atoms with Crippen LogP contribution in [0.3, 0.4) is 0 Å². The van der Waals surface area contributed by atoms with Crippen LogP contribution in [0.25, 0.3) is 11.0 Å². The van der Waals surface area contributed by atoms with Crippen molar-refractivity contribution in [3.63, 3.8) is 0 Å². The maximum atomic E-state index is 13.0. The molecule has 1 saturated carbocycles. The fourth-order valence-electron chi connectivity index (χ4n) is 2.96. The van der Waals surface area contributed by atoms with Gasteiger partial charge in [-0.3, -0.25) is 19.1 Å². The Morgan fingerprint density at radius 3 is 2.62 bits per heavy atom. The number of pyridine rings is 1. The second-order valence-corrected chi connectivity index (χ2v) is 7.46. The lowest BCUT2D eigenvalue weighted by atomic mass is 10.1. The lowest BCUT2D eigenvalue weighted by Gasteiger charge is -2.12. The molecule has 11 heteroatoms. The Morgan fingerprint density at radius 2 is 1.97 bits per heavy atom. The van der Waals surface area contributed by atoms with E-state index in [0.717, 1.165) is 18.9 Å². The standard InChI is InChI=1S/C18H12BrF3N4O3/c19-13-4-1-9(6-12(13)18(20,21)22)24-15(27)8-5-11-14(23-7-8)26(10-2-3-10)17(29)25-16(11)28/h1,4-7,10H,2-3H2,(H,24,27)(H,25,28,29). The summed E-state index contributed by atoms with van der Waals surface area (Å²) in [5.74, 6) is -0.738. The number of H-pyrrole nitrogens is 1. The molecular weight excluding hydrogens is 457 g/mol. The second-order valence-electron chi connectivity index (χ2n) is 6.60. The van der Waals surface area contributed by atoms with Gasteiger partial charge in [0.1, 0.15) is 5.65 Å². The molecule has 1 fully saturated rings. The normalized spacial score (nSPS) is 14.2. The topological polar surface area (TPSA) is 96.8 Å². The van der Waals surface area contributed by atoms with Gasteiger partial charge in [0.25, 0.3) is 11.5 Å². The molecular formula is C18H12BrF3N4O3. The molecule has 2 aromatic heterocycles. The van der Waals surface area contributed by atoms with E-state index >= 15 is 0 Å². The molecule has 7 nitrogen and oxygen atoms in total. The van der Waals surface area contributed by atoms with E-state index in [2.05, 4.69) is 31.2 Å². The van der Waals surface area contributed by atoms with Crippen LogP contribution in [0.15, 0.2) is 44.5 Å². The molecule has 0 radical (unpaired) electrons. The SMILES string of the molecule is O=C(Nc1ccc(Br)c(C(F)(F)F)c1)c1cnc2c(c1)c(=O)[nH]c(=O)n2C1CC1.